The van der Waals surface area contributed by atoms with Gasteiger partial charge in [0.25, 0.3) is 0 Å². The maximum atomic E-state index is 12.6. The molecule has 0 bridgehead atoms. The molecule has 1 amide bonds. The molecular weight excluding hydrogens is 410 g/mol. The molecule has 1 saturated heterocycles. The fourth-order valence-corrected chi connectivity index (χ4v) is 5.42. The summed E-state index contributed by atoms with van der Waals surface area (Å²) in [6.07, 6.45) is 2.89. The van der Waals surface area contributed by atoms with Gasteiger partial charge in [-0.2, -0.15) is 0 Å². The second kappa shape index (κ2) is 8.73. The Bertz CT molecular complexity index is 905. The van der Waals surface area contributed by atoms with Gasteiger partial charge in [-0.25, -0.2) is 4.79 Å². The molecule has 1 aliphatic heterocycles. The van der Waals surface area contributed by atoms with Gasteiger partial charge in [-0.3, -0.25) is 9.69 Å². The molecule has 8 heteroatoms. The number of rotatable bonds is 5. The minimum atomic E-state index is -0.365. The summed E-state index contributed by atoms with van der Waals surface area (Å²) in [7, 11) is 1.38. The summed E-state index contributed by atoms with van der Waals surface area (Å²) in [6.45, 7) is 3.64. The lowest BCUT2D eigenvalue weighted by atomic mass is 10.1. The van der Waals surface area contributed by atoms with Crippen LogP contribution in [0.4, 0.5) is 10.7 Å². The van der Waals surface area contributed by atoms with Gasteiger partial charge in [-0.05, 0) is 49.1 Å². The van der Waals surface area contributed by atoms with Crippen LogP contribution in [0.2, 0.25) is 5.02 Å². The van der Waals surface area contributed by atoms with Crippen molar-refractivity contribution in [2.75, 3.05) is 50.1 Å². The average molecular weight is 434 g/mol. The third-order valence-electron chi connectivity index (χ3n) is 5.50. The number of thiophene rings is 1. The van der Waals surface area contributed by atoms with E-state index in [4.69, 9.17) is 16.3 Å². The smallest absolute Gasteiger partial charge is 0.341 e. The molecule has 2 heterocycles. The molecule has 1 N–H and O–H groups in total. The van der Waals surface area contributed by atoms with E-state index >= 15 is 0 Å². The maximum Gasteiger partial charge on any atom is 0.341 e. The first-order valence-electron chi connectivity index (χ1n) is 9.80. The molecular formula is C21H24ClN3O3S. The molecule has 1 aliphatic carbocycles. The number of carbonyl (C=O) groups excluding carboxylic acids is 2. The maximum absolute atomic E-state index is 12.6. The second-order valence-corrected chi connectivity index (χ2v) is 8.88. The lowest BCUT2D eigenvalue weighted by molar-refractivity contribution is -0.117. The number of benzene rings is 1. The fraction of sp³-hybridized carbons (Fsp3) is 0.429. The van der Waals surface area contributed by atoms with Crippen LogP contribution in [0.1, 0.15) is 27.2 Å². The van der Waals surface area contributed by atoms with Crippen molar-refractivity contribution in [1.82, 2.24) is 4.90 Å². The zero-order chi connectivity index (χ0) is 20.4. The Morgan fingerprint density at radius 3 is 2.55 bits per heavy atom. The van der Waals surface area contributed by atoms with E-state index in [0.717, 1.165) is 61.7 Å². The summed E-state index contributed by atoms with van der Waals surface area (Å²) >= 11 is 7.47. The number of anilines is 2. The van der Waals surface area contributed by atoms with E-state index in [9.17, 15) is 9.59 Å². The molecule has 154 valence electrons. The molecule has 2 aliphatic rings. The fourth-order valence-electron chi connectivity index (χ4n) is 4.00. The largest absolute Gasteiger partial charge is 0.465 e. The number of piperazine rings is 1. The van der Waals surface area contributed by atoms with Crippen LogP contribution in [0.15, 0.2) is 24.3 Å². The Morgan fingerprint density at radius 2 is 1.86 bits per heavy atom. The number of carbonyl (C=O) groups is 2. The summed E-state index contributed by atoms with van der Waals surface area (Å²) in [4.78, 5) is 30.5. The van der Waals surface area contributed by atoms with Crippen molar-refractivity contribution < 1.29 is 14.3 Å². The zero-order valence-corrected chi connectivity index (χ0v) is 17.9. The Morgan fingerprint density at radius 1 is 1.14 bits per heavy atom. The number of hydrogen-bond donors (Lipinski definition) is 1. The van der Waals surface area contributed by atoms with Gasteiger partial charge in [0.15, 0.2) is 0 Å². The Labute approximate surface area is 179 Å². The Kier molecular flexibility index (Phi) is 6.08. The van der Waals surface area contributed by atoms with Crippen molar-refractivity contribution in [2.24, 2.45) is 0 Å². The van der Waals surface area contributed by atoms with Crippen molar-refractivity contribution >= 4 is 45.5 Å². The molecule has 4 rings (SSSR count). The zero-order valence-electron chi connectivity index (χ0n) is 16.4. The number of methoxy groups -OCH3 is 1. The molecule has 1 aromatic carbocycles. The monoisotopic (exact) mass is 433 g/mol. The topological polar surface area (TPSA) is 61.9 Å². The van der Waals surface area contributed by atoms with Crippen LogP contribution in [-0.4, -0.2) is 56.6 Å². The van der Waals surface area contributed by atoms with E-state index in [2.05, 4.69) is 15.1 Å². The van der Waals surface area contributed by atoms with Crippen molar-refractivity contribution in [3.05, 3.63) is 45.3 Å². The highest BCUT2D eigenvalue weighted by Crippen LogP contribution is 2.39. The van der Waals surface area contributed by atoms with Crippen LogP contribution in [-0.2, 0) is 22.4 Å². The SMILES string of the molecule is COC(=O)c1c(NC(=O)CN2CCN(c3ccc(Cl)cc3)CC2)sc2c1CCC2. The molecule has 1 fully saturated rings. The van der Waals surface area contributed by atoms with Gasteiger partial charge >= 0.3 is 5.97 Å². The molecule has 6 nitrogen and oxygen atoms in total. The summed E-state index contributed by atoms with van der Waals surface area (Å²) < 4.78 is 4.95. The third kappa shape index (κ3) is 4.42. The van der Waals surface area contributed by atoms with Crippen LogP contribution in [0.5, 0.6) is 0 Å². The average Bonchev–Trinajstić information content (AvgIpc) is 3.29. The highest BCUT2D eigenvalue weighted by atomic mass is 35.5. The summed E-state index contributed by atoms with van der Waals surface area (Å²) in [5.74, 6) is -0.453. The lowest BCUT2D eigenvalue weighted by Crippen LogP contribution is -2.48. The molecule has 0 atom stereocenters. The van der Waals surface area contributed by atoms with Gasteiger partial charge in [-0.15, -0.1) is 11.3 Å². The molecule has 0 saturated carbocycles. The van der Waals surface area contributed by atoms with E-state index in [-0.39, 0.29) is 11.9 Å². The van der Waals surface area contributed by atoms with Gasteiger partial charge in [0.2, 0.25) is 5.91 Å². The molecule has 1 aromatic heterocycles. The van der Waals surface area contributed by atoms with Gasteiger partial charge < -0.3 is 15.0 Å². The van der Waals surface area contributed by atoms with Crippen molar-refractivity contribution in [3.63, 3.8) is 0 Å². The molecule has 0 spiro atoms. The van der Waals surface area contributed by atoms with Crippen LogP contribution >= 0.6 is 22.9 Å². The predicted octanol–water partition coefficient (Wildman–Crippen LogP) is 3.44. The van der Waals surface area contributed by atoms with E-state index in [1.807, 2.05) is 24.3 Å². The predicted molar refractivity (Wildman–Crippen MR) is 116 cm³/mol. The van der Waals surface area contributed by atoms with Crippen molar-refractivity contribution in [1.29, 1.82) is 0 Å². The number of esters is 1. The molecule has 0 radical (unpaired) electrons. The standard InChI is InChI=1S/C21H24ClN3O3S/c1-28-21(27)19-16-3-2-4-17(16)29-20(19)23-18(26)13-24-9-11-25(12-10-24)15-7-5-14(22)6-8-15/h5-8H,2-4,9-13H2,1H3,(H,23,26). The quantitative estimate of drug-likeness (QED) is 0.732. The number of amides is 1. The van der Waals surface area contributed by atoms with Gasteiger partial charge in [0.1, 0.15) is 5.00 Å². The first-order valence-corrected chi connectivity index (χ1v) is 11.0. The van der Waals surface area contributed by atoms with Crippen molar-refractivity contribution in [2.45, 2.75) is 19.3 Å². The highest BCUT2D eigenvalue weighted by molar-refractivity contribution is 7.17. The van der Waals surface area contributed by atoms with Crippen molar-refractivity contribution in [3.8, 4) is 0 Å². The lowest BCUT2D eigenvalue weighted by Gasteiger charge is -2.35. The normalized spacial score (nSPS) is 16.6. The van der Waals surface area contributed by atoms with E-state index in [1.54, 1.807) is 0 Å². The molecule has 0 unspecified atom stereocenters. The summed E-state index contributed by atoms with van der Waals surface area (Å²) in [6, 6.07) is 7.84. The Hall–Kier alpha value is -2.09. The van der Waals surface area contributed by atoms with Crippen LogP contribution in [0, 0.1) is 0 Å². The molecule has 2 aromatic rings. The number of nitrogens with zero attached hydrogens (tertiary/aromatic N) is 2. The van der Waals surface area contributed by atoms with Gasteiger partial charge in [0, 0.05) is 41.8 Å². The minimum Gasteiger partial charge on any atom is -0.465 e. The van der Waals surface area contributed by atoms with E-state index < -0.39 is 0 Å². The number of fused-ring (bicyclic) bond motifs is 1. The Balaban J connectivity index is 1.34. The highest BCUT2D eigenvalue weighted by Gasteiger charge is 2.28. The number of halogens is 1. The van der Waals surface area contributed by atoms with E-state index in [1.165, 1.54) is 23.3 Å². The number of nitrogens with one attached hydrogen (secondary N) is 1. The minimum absolute atomic E-state index is 0.0879. The first-order chi connectivity index (χ1) is 14.0. The first kappa shape index (κ1) is 20.2. The van der Waals surface area contributed by atoms with Crippen LogP contribution in [0.3, 0.4) is 0 Å². The van der Waals surface area contributed by atoms with E-state index in [0.29, 0.717) is 17.1 Å². The number of hydrogen-bond acceptors (Lipinski definition) is 6. The molecule has 29 heavy (non-hydrogen) atoms. The van der Waals surface area contributed by atoms with Crippen LogP contribution in [0.25, 0.3) is 0 Å². The van der Waals surface area contributed by atoms with Crippen LogP contribution < -0.4 is 10.2 Å². The number of aryl methyl sites for hydroxylation is 1. The van der Waals surface area contributed by atoms with Gasteiger partial charge in [-0.1, -0.05) is 11.6 Å². The second-order valence-electron chi connectivity index (χ2n) is 7.34. The van der Waals surface area contributed by atoms with Gasteiger partial charge in [0.05, 0.1) is 19.2 Å². The third-order valence-corrected chi connectivity index (χ3v) is 6.95. The summed E-state index contributed by atoms with van der Waals surface area (Å²) in [5.41, 5.74) is 2.74. The number of ether oxygens (including phenoxy) is 1. The summed E-state index contributed by atoms with van der Waals surface area (Å²) in [5, 5.41) is 4.32.